The van der Waals surface area contributed by atoms with Crippen molar-refractivity contribution in [3.8, 4) is 11.5 Å². The van der Waals surface area contributed by atoms with Gasteiger partial charge in [0, 0.05) is 17.7 Å². The van der Waals surface area contributed by atoms with Crippen molar-refractivity contribution in [3.63, 3.8) is 0 Å². The Balaban J connectivity index is 2.32. The summed E-state index contributed by atoms with van der Waals surface area (Å²) in [6.07, 6.45) is 0. The Bertz CT molecular complexity index is 732. The van der Waals surface area contributed by atoms with Gasteiger partial charge >= 0.3 is 0 Å². The van der Waals surface area contributed by atoms with Crippen LogP contribution < -0.4 is 4.74 Å². The third-order valence-corrected chi connectivity index (χ3v) is 2.67. The largest absolute Gasteiger partial charge is 0.457 e. The van der Waals surface area contributed by atoms with Gasteiger partial charge in [-0.15, -0.1) is 0 Å². The first kappa shape index (κ1) is 14.4. The molecule has 0 aliphatic carbocycles. The summed E-state index contributed by atoms with van der Waals surface area (Å²) >= 11 is 0. The molecule has 0 spiro atoms. The summed E-state index contributed by atoms with van der Waals surface area (Å²) in [5.41, 5.74) is -0.153. The van der Waals surface area contributed by atoms with Crippen LogP contribution in [0.1, 0.15) is 5.56 Å². The Hall–Kier alpha value is -3.03. The number of halogens is 1. The maximum absolute atomic E-state index is 13.3. The van der Waals surface area contributed by atoms with E-state index in [4.69, 9.17) is 4.74 Å². The first-order chi connectivity index (χ1) is 9.86. The number of hydrogen-bond donors (Lipinski definition) is 0. The van der Waals surface area contributed by atoms with Gasteiger partial charge in [0.1, 0.15) is 17.3 Å². The minimum Gasteiger partial charge on any atom is -0.457 e. The fraction of sp³-hybridized carbons (Fsp3) is 0.0769. The quantitative estimate of drug-likeness (QED) is 0.631. The van der Waals surface area contributed by atoms with Gasteiger partial charge in [-0.1, -0.05) is 0 Å². The summed E-state index contributed by atoms with van der Waals surface area (Å²) in [4.78, 5) is 20.1. The van der Waals surface area contributed by atoms with E-state index in [-0.39, 0.29) is 17.2 Å². The van der Waals surface area contributed by atoms with Gasteiger partial charge < -0.3 is 4.74 Å². The molecule has 0 radical (unpaired) electrons. The smallest absolute Gasteiger partial charge is 0.276 e. The van der Waals surface area contributed by atoms with Crippen molar-refractivity contribution in [2.45, 2.75) is 6.92 Å². The number of aryl methyl sites for hydroxylation is 1. The highest BCUT2D eigenvalue weighted by Crippen LogP contribution is 2.29. The minimum absolute atomic E-state index is 0.0602. The zero-order valence-electron chi connectivity index (χ0n) is 10.8. The highest BCUT2D eigenvalue weighted by molar-refractivity contribution is 5.47. The molecular weight excluding hydrogens is 283 g/mol. The maximum Gasteiger partial charge on any atom is 0.276 e. The Morgan fingerprint density at radius 2 is 1.71 bits per heavy atom. The molecule has 0 unspecified atom stereocenters. The van der Waals surface area contributed by atoms with E-state index in [1.54, 1.807) is 0 Å². The van der Waals surface area contributed by atoms with Crippen LogP contribution in [0.5, 0.6) is 11.5 Å². The monoisotopic (exact) mass is 292 g/mol. The molecule has 0 bridgehead atoms. The van der Waals surface area contributed by atoms with Gasteiger partial charge in [0.2, 0.25) is 0 Å². The Kier molecular flexibility index (Phi) is 3.79. The molecule has 0 amide bonds. The van der Waals surface area contributed by atoms with Crippen LogP contribution in [0.15, 0.2) is 36.4 Å². The molecule has 0 fully saturated rings. The second-order valence-electron chi connectivity index (χ2n) is 4.21. The first-order valence-corrected chi connectivity index (χ1v) is 5.74. The van der Waals surface area contributed by atoms with Crippen molar-refractivity contribution < 1.29 is 19.0 Å². The van der Waals surface area contributed by atoms with E-state index in [0.29, 0.717) is 5.56 Å². The van der Waals surface area contributed by atoms with Crippen LogP contribution >= 0.6 is 0 Å². The van der Waals surface area contributed by atoms with E-state index in [2.05, 4.69) is 0 Å². The van der Waals surface area contributed by atoms with E-state index in [1.165, 1.54) is 25.1 Å². The number of nitrogens with zero attached hydrogens (tertiary/aromatic N) is 2. The molecule has 0 atom stereocenters. The van der Waals surface area contributed by atoms with E-state index in [0.717, 1.165) is 18.2 Å². The number of benzene rings is 2. The molecule has 0 heterocycles. The Labute approximate surface area is 117 Å². The number of hydrogen-bond acceptors (Lipinski definition) is 5. The number of ether oxygens (including phenoxy) is 1. The Morgan fingerprint density at radius 1 is 1.00 bits per heavy atom. The number of rotatable bonds is 4. The summed E-state index contributed by atoms with van der Waals surface area (Å²) < 4.78 is 18.6. The third kappa shape index (κ3) is 3.30. The normalized spacial score (nSPS) is 10.2. The Morgan fingerprint density at radius 3 is 2.29 bits per heavy atom. The number of nitro benzene ring substituents is 2. The topological polar surface area (TPSA) is 95.5 Å². The highest BCUT2D eigenvalue weighted by atomic mass is 19.1. The fourth-order valence-electron chi connectivity index (χ4n) is 1.74. The van der Waals surface area contributed by atoms with Gasteiger partial charge in [-0.3, -0.25) is 20.2 Å². The van der Waals surface area contributed by atoms with Crippen molar-refractivity contribution >= 4 is 11.4 Å². The van der Waals surface area contributed by atoms with Crippen LogP contribution in [0, 0.1) is 33.0 Å². The molecule has 8 heteroatoms. The van der Waals surface area contributed by atoms with Crippen molar-refractivity contribution in [1.82, 2.24) is 0 Å². The van der Waals surface area contributed by atoms with Crippen molar-refractivity contribution in [2.75, 3.05) is 0 Å². The standard InChI is InChI=1S/C13H9FN2O5/c1-8-4-11(2-3-13(8)16(19)20)21-12-6-9(14)5-10(7-12)15(17)18/h2-7H,1H3. The molecule has 0 N–H and O–H groups in total. The van der Waals surface area contributed by atoms with Crippen LogP contribution in [0.25, 0.3) is 0 Å². The van der Waals surface area contributed by atoms with Crippen LogP contribution in [-0.2, 0) is 0 Å². The second kappa shape index (κ2) is 5.53. The van der Waals surface area contributed by atoms with E-state index >= 15 is 0 Å². The lowest BCUT2D eigenvalue weighted by Gasteiger charge is -2.07. The van der Waals surface area contributed by atoms with Crippen LogP contribution in [0.4, 0.5) is 15.8 Å². The summed E-state index contributed by atoms with van der Waals surface area (Å²) in [5.74, 6) is -0.647. The lowest BCUT2D eigenvalue weighted by atomic mass is 10.2. The molecule has 2 aromatic rings. The van der Waals surface area contributed by atoms with Crippen LogP contribution in [-0.4, -0.2) is 9.85 Å². The lowest BCUT2D eigenvalue weighted by Crippen LogP contribution is -1.94. The molecule has 108 valence electrons. The molecule has 2 rings (SSSR count). The molecule has 21 heavy (non-hydrogen) atoms. The summed E-state index contributed by atoms with van der Waals surface area (Å²) in [7, 11) is 0. The minimum atomic E-state index is -0.808. The molecule has 0 saturated carbocycles. The zero-order valence-corrected chi connectivity index (χ0v) is 10.8. The summed E-state index contributed by atoms with van der Waals surface area (Å²) in [6, 6.07) is 6.81. The maximum atomic E-state index is 13.3. The average molecular weight is 292 g/mol. The van der Waals surface area contributed by atoms with Crippen molar-refractivity contribution in [1.29, 1.82) is 0 Å². The van der Waals surface area contributed by atoms with Crippen LogP contribution in [0.2, 0.25) is 0 Å². The predicted molar refractivity (Wildman–Crippen MR) is 71.0 cm³/mol. The SMILES string of the molecule is Cc1cc(Oc2cc(F)cc([N+](=O)[O-])c2)ccc1[N+](=O)[O-]. The van der Waals surface area contributed by atoms with Crippen molar-refractivity contribution in [3.05, 3.63) is 68.0 Å². The number of non-ortho nitro benzene ring substituents is 1. The molecule has 0 saturated heterocycles. The third-order valence-electron chi connectivity index (χ3n) is 2.67. The molecule has 0 aliphatic rings. The van der Waals surface area contributed by atoms with E-state index < -0.39 is 21.4 Å². The molecule has 0 aromatic heterocycles. The summed E-state index contributed by atoms with van der Waals surface area (Å²) in [6.45, 7) is 1.53. The number of nitro groups is 2. The molecule has 2 aromatic carbocycles. The first-order valence-electron chi connectivity index (χ1n) is 5.74. The van der Waals surface area contributed by atoms with Gasteiger partial charge in [0.05, 0.1) is 22.0 Å². The lowest BCUT2D eigenvalue weighted by molar-refractivity contribution is -0.385. The van der Waals surface area contributed by atoms with Gasteiger partial charge in [-0.25, -0.2) is 4.39 Å². The second-order valence-corrected chi connectivity index (χ2v) is 4.21. The fourth-order valence-corrected chi connectivity index (χ4v) is 1.74. The molecule has 7 nitrogen and oxygen atoms in total. The van der Waals surface area contributed by atoms with Crippen molar-refractivity contribution in [2.24, 2.45) is 0 Å². The zero-order chi connectivity index (χ0) is 15.6. The highest BCUT2D eigenvalue weighted by Gasteiger charge is 2.14. The molecule has 0 aliphatic heterocycles. The van der Waals surface area contributed by atoms with E-state index in [1.807, 2.05) is 0 Å². The van der Waals surface area contributed by atoms with E-state index in [9.17, 15) is 24.6 Å². The van der Waals surface area contributed by atoms with Crippen LogP contribution in [0.3, 0.4) is 0 Å². The molecular formula is C13H9FN2O5. The van der Waals surface area contributed by atoms with Gasteiger partial charge in [0.15, 0.2) is 0 Å². The van der Waals surface area contributed by atoms with Gasteiger partial charge in [-0.05, 0) is 19.1 Å². The average Bonchev–Trinajstić information content (AvgIpc) is 2.37. The van der Waals surface area contributed by atoms with Gasteiger partial charge in [0.25, 0.3) is 11.4 Å². The predicted octanol–water partition coefficient (Wildman–Crippen LogP) is 3.74. The summed E-state index contributed by atoms with van der Waals surface area (Å²) in [5, 5.41) is 21.3. The van der Waals surface area contributed by atoms with Gasteiger partial charge in [-0.2, -0.15) is 0 Å².